The number of carbonyl (C=O) groups excluding carboxylic acids is 2. The predicted molar refractivity (Wildman–Crippen MR) is 130 cm³/mol. The summed E-state index contributed by atoms with van der Waals surface area (Å²) >= 11 is 6.17. The standard InChI is InChI=1S/C26H19ClFN3O4/c1-2-35-20-13-15(9-12-17(20)27)23(32)21-22(14-7-10-16(28)11-8-14)31(25(34)24(21)33)26-29-18-5-3-4-6-19(18)30-26/h3-13,22,32H,2H2,1H3,(H,29,30)/b23-21+. The van der Waals surface area contributed by atoms with E-state index in [2.05, 4.69) is 9.97 Å². The van der Waals surface area contributed by atoms with E-state index in [0.717, 1.165) is 0 Å². The van der Waals surface area contributed by atoms with E-state index in [0.29, 0.717) is 34.0 Å². The summed E-state index contributed by atoms with van der Waals surface area (Å²) in [7, 11) is 0. The second-order valence-corrected chi connectivity index (χ2v) is 8.28. The van der Waals surface area contributed by atoms with Gasteiger partial charge in [-0.1, -0.05) is 35.9 Å². The molecule has 1 fully saturated rings. The van der Waals surface area contributed by atoms with E-state index < -0.39 is 29.3 Å². The number of hydrogen-bond acceptors (Lipinski definition) is 5. The number of amides is 1. The summed E-state index contributed by atoms with van der Waals surface area (Å²) < 4.78 is 19.2. The van der Waals surface area contributed by atoms with E-state index in [9.17, 15) is 19.1 Å². The summed E-state index contributed by atoms with van der Waals surface area (Å²) in [5, 5.41) is 11.6. The number of rotatable bonds is 5. The summed E-state index contributed by atoms with van der Waals surface area (Å²) in [5.41, 5.74) is 1.77. The van der Waals surface area contributed by atoms with Crippen molar-refractivity contribution >= 4 is 46.0 Å². The van der Waals surface area contributed by atoms with Crippen LogP contribution in [-0.4, -0.2) is 33.4 Å². The van der Waals surface area contributed by atoms with Gasteiger partial charge in [0.1, 0.15) is 17.3 Å². The number of anilines is 1. The van der Waals surface area contributed by atoms with Crippen LogP contribution in [0.5, 0.6) is 5.75 Å². The Morgan fingerprint density at radius 2 is 1.89 bits per heavy atom. The molecule has 5 rings (SSSR count). The Hall–Kier alpha value is -4.17. The van der Waals surface area contributed by atoms with Crippen molar-refractivity contribution in [2.24, 2.45) is 0 Å². The van der Waals surface area contributed by atoms with Gasteiger partial charge in [-0.2, -0.15) is 0 Å². The van der Waals surface area contributed by atoms with Gasteiger partial charge >= 0.3 is 5.91 Å². The van der Waals surface area contributed by atoms with Crippen molar-refractivity contribution in [2.45, 2.75) is 13.0 Å². The summed E-state index contributed by atoms with van der Waals surface area (Å²) in [6, 6.07) is 16.0. The van der Waals surface area contributed by atoms with Crippen LogP contribution in [0.25, 0.3) is 16.8 Å². The van der Waals surface area contributed by atoms with Crippen LogP contribution in [0, 0.1) is 5.82 Å². The van der Waals surface area contributed by atoms with Gasteiger partial charge in [0.25, 0.3) is 5.78 Å². The summed E-state index contributed by atoms with van der Waals surface area (Å²) in [5.74, 6) is -2.21. The van der Waals surface area contributed by atoms with Gasteiger partial charge in [-0.05, 0) is 55.0 Å². The van der Waals surface area contributed by atoms with Gasteiger partial charge in [0.15, 0.2) is 0 Å². The summed E-state index contributed by atoms with van der Waals surface area (Å²) in [4.78, 5) is 35.2. The molecule has 1 aliphatic rings. The first-order chi connectivity index (χ1) is 16.9. The monoisotopic (exact) mass is 491 g/mol. The molecule has 2 N–H and O–H groups in total. The molecule has 0 aliphatic carbocycles. The normalized spacial score (nSPS) is 17.3. The smallest absolute Gasteiger partial charge is 0.302 e. The fraction of sp³-hybridized carbons (Fsp3) is 0.115. The van der Waals surface area contributed by atoms with E-state index in [-0.39, 0.29) is 17.1 Å². The predicted octanol–water partition coefficient (Wildman–Crippen LogP) is 5.38. The van der Waals surface area contributed by atoms with Crippen LogP contribution in [0.3, 0.4) is 0 Å². The van der Waals surface area contributed by atoms with Crippen LogP contribution >= 0.6 is 11.6 Å². The topological polar surface area (TPSA) is 95.5 Å². The third kappa shape index (κ3) is 3.91. The van der Waals surface area contributed by atoms with E-state index in [1.54, 1.807) is 25.1 Å². The molecule has 1 aliphatic heterocycles. The maximum atomic E-state index is 13.7. The zero-order valence-corrected chi connectivity index (χ0v) is 19.2. The van der Waals surface area contributed by atoms with Gasteiger partial charge in [0, 0.05) is 5.56 Å². The second kappa shape index (κ2) is 8.88. The molecule has 1 saturated heterocycles. The number of carbonyl (C=O) groups is 2. The molecule has 1 unspecified atom stereocenters. The average Bonchev–Trinajstić information content (AvgIpc) is 3.39. The maximum absolute atomic E-state index is 13.7. The zero-order valence-electron chi connectivity index (χ0n) is 18.5. The van der Waals surface area contributed by atoms with E-state index in [1.165, 1.54) is 47.4 Å². The Balaban J connectivity index is 1.71. The number of benzene rings is 3. The lowest BCUT2D eigenvalue weighted by Crippen LogP contribution is -2.30. The quantitative estimate of drug-likeness (QED) is 0.222. The first-order valence-electron chi connectivity index (χ1n) is 10.8. The first kappa shape index (κ1) is 22.6. The fourth-order valence-corrected chi connectivity index (χ4v) is 4.31. The van der Waals surface area contributed by atoms with Crippen molar-refractivity contribution in [3.8, 4) is 5.75 Å². The van der Waals surface area contributed by atoms with Gasteiger partial charge in [0.05, 0.1) is 34.3 Å². The Labute approximate surface area is 204 Å². The molecule has 4 aromatic rings. The van der Waals surface area contributed by atoms with Gasteiger partial charge in [-0.3, -0.25) is 14.5 Å². The maximum Gasteiger partial charge on any atom is 0.302 e. The number of aromatic amines is 1. The van der Waals surface area contributed by atoms with Crippen LogP contribution in [0.15, 0.2) is 72.3 Å². The van der Waals surface area contributed by atoms with E-state index in [1.807, 2.05) is 6.07 Å². The molecule has 35 heavy (non-hydrogen) atoms. The number of para-hydroxylation sites is 2. The van der Waals surface area contributed by atoms with Crippen molar-refractivity contribution in [1.82, 2.24) is 9.97 Å². The third-order valence-corrected chi connectivity index (χ3v) is 6.05. The average molecular weight is 492 g/mol. The molecule has 2 heterocycles. The van der Waals surface area contributed by atoms with Crippen LogP contribution < -0.4 is 9.64 Å². The number of hydrogen-bond donors (Lipinski definition) is 2. The number of aromatic nitrogens is 2. The molecule has 1 aromatic heterocycles. The molecule has 0 bridgehead atoms. The van der Waals surface area contributed by atoms with Crippen molar-refractivity contribution < 1.29 is 23.8 Å². The van der Waals surface area contributed by atoms with E-state index in [4.69, 9.17) is 16.3 Å². The number of nitrogens with zero attached hydrogens (tertiary/aromatic N) is 2. The van der Waals surface area contributed by atoms with Gasteiger partial charge in [0.2, 0.25) is 5.95 Å². The molecule has 9 heteroatoms. The van der Waals surface area contributed by atoms with Gasteiger partial charge in [-0.15, -0.1) is 0 Å². The highest BCUT2D eigenvalue weighted by atomic mass is 35.5. The van der Waals surface area contributed by atoms with Crippen LogP contribution in [-0.2, 0) is 9.59 Å². The fourth-order valence-electron chi connectivity index (χ4n) is 4.14. The van der Waals surface area contributed by atoms with Crippen molar-refractivity contribution in [2.75, 3.05) is 11.5 Å². The highest BCUT2D eigenvalue weighted by Crippen LogP contribution is 2.42. The Morgan fingerprint density at radius 3 is 2.60 bits per heavy atom. The number of ketones is 1. The molecule has 176 valence electrons. The highest BCUT2D eigenvalue weighted by Gasteiger charge is 2.48. The highest BCUT2D eigenvalue weighted by molar-refractivity contribution is 6.51. The number of aliphatic hydroxyl groups excluding tert-OH is 1. The lowest BCUT2D eigenvalue weighted by Gasteiger charge is -2.23. The molecule has 1 amide bonds. The third-order valence-electron chi connectivity index (χ3n) is 5.74. The van der Waals surface area contributed by atoms with Gasteiger partial charge < -0.3 is 14.8 Å². The Bertz CT molecular complexity index is 1460. The minimum atomic E-state index is -1.05. The molecule has 3 aromatic carbocycles. The number of Topliss-reactive ketones (excluding diaryl/α,β-unsaturated/α-hetero) is 1. The number of ether oxygens (including phenoxy) is 1. The molecule has 0 saturated carbocycles. The molecule has 1 atom stereocenters. The van der Waals surface area contributed by atoms with E-state index >= 15 is 0 Å². The lowest BCUT2D eigenvalue weighted by atomic mass is 9.95. The minimum absolute atomic E-state index is 0.132. The molecule has 7 nitrogen and oxygen atoms in total. The molecular formula is C26H19ClFN3O4. The van der Waals surface area contributed by atoms with Crippen LogP contribution in [0.4, 0.5) is 10.3 Å². The molecule has 0 spiro atoms. The minimum Gasteiger partial charge on any atom is -0.507 e. The summed E-state index contributed by atoms with van der Waals surface area (Å²) in [6.45, 7) is 2.13. The number of aliphatic hydroxyl groups is 1. The van der Waals surface area contributed by atoms with Crippen LogP contribution in [0.2, 0.25) is 5.02 Å². The number of nitrogens with one attached hydrogen (secondary N) is 1. The first-order valence-corrected chi connectivity index (χ1v) is 11.2. The van der Waals surface area contributed by atoms with Crippen molar-refractivity contribution in [1.29, 1.82) is 0 Å². The van der Waals surface area contributed by atoms with Gasteiger partial charge in [-0.25, -0.2) is 9.37 Å². The number of H-pyrrole nitrogens is 1. The van der Waals surface area contributed by atoms with Crippen molar-refractivity contribution in [3.63, 3.8) is 0 Å². The largest absolute Gasteiger partial charge is 0.507 e. The zero-order chi connectivity index (χ0) is 24.7. The van der Waals surface area contributed by atoms with Crippen molar-refractivity contribution in [3.05, 3.63) is 94.3 Å². The second-order valence-electron chi connectivity index (χ2n) is 7.88. The lowest BCUT2D eigenvalue weighted by molar-refractivity contribution is -0.132. The number of halogens is 2. The number of fused-ring (bicyclic) bond motifs is 1. The van der Waals surface area contributed by atoms with Crippen LogP contribution in [0.1, 0.15) is 24.1 Å². The Morgan fingerprint density at radius 1 is 1.14 bits per heavy atom. The SMILES string of the molecule is CCOc1cc(/C(O)=C2\C(=O)C(=O)N(c3nc4ccccc4[nH]3)C2c2ccc(F)cc2)ccc1Cl. The summed E-state index contributed by atoms with van der Waals surface area (Å²) in [6.07, 6.45) is 0. The Kier molecular flexibility index (Phi) is 5.74. The molecular weight excluding hydrogens is 473 g/mol. The number of imidazole rings is 1. The molecule has 0 radical (unpaired) electrons.